The van der Waals surface area contributed by atoms with Gasteiger partial charge in [-0.05, 0) is 5.56 Å². The molecule has 0 heterocycles. The van der Waals surface area contributed by atoms with Crippen molar-refractivity contribution < 1.29 is 21.9 Å². The van der Waals surface area contributed by atoms with E-state index in [1.165, 1.54) is 0 Å². The minimum Gasteiger partial charge on any atom is -0.479 e. The maximum Gasteiger partial charge on any atom is 0.332 e. The third kappa shape index (κ3) is 2.36. The highest BCUT2D eigenvalue weighted by atomic mass is 16.4. The standard InChI is InChI=1S/C9H10O3/c10-8(9(11)12)6-7-4-2-1-3-5-7/h1-5,8,10H,6H2,(H,11,12)/t8-/m0/s1/i1D,2D,3D,4D,5D. The van der Waals surface area contributed by atoms with Crippen molar-refractivity contribution in [1.29, 1.82) is 0 Å². The summed E-state index contributed by atoms with van der Waals surface area (Å²) in [5.74, 6) is -1.50. The van der Waals surface area contributed by atoms with Crippen molar-refractivity contribution in [3.8, 4) is 0 Å². The maximum atomic E-state index is 10.5. The zero-order valence-corrected chi connectivity index (χ0v) is 6.09. The molecule has 0 radical (unpaired) electrons. The van der Waals surface area contributed by atoms with Crippen LogP contribution in [0.2, 0.25) is 0 Å². The molecule has 0 spiro atoms. The van der Waals surface area contributed by atoms with Gasteiger partial charge < -0.3 is 10.2 Å². The molecule has 1 aromatic rings. The van der Waals surface area contributed by atoms with E-state index in [1.807, 2.05) is 0 Å². The molecular weight excluding hydrogens is 156 g/mol. The van der Waals surface area contributed by atoms with Crippen molar-refractivity contribution in [1.82, 2.24) is 0 Å². The lowest BCUT2D eigenvalue weighted by Crippen LogP contribution is -2.21. The Morgan fingerprint density at radius 2 is 2.08 bits per heavy atom. The molecule has 0 unspecified atom stereocenters. The summed E-state index contributed by atoms with van der Waals surface area (Å²) in [6.07, 6.45) is -2.32. The molecule has 0 saturated carbocycles. The molecule has 1 rings (SSSR count). The molecule has 0 amide bonds. The second kappa shape index (κ2) is 3.88. The van der Waals surface area contributed by atoms with Crippen LogP contribution in [0.3, 0.4) is 0 Å². The van der Waals surface area contributed by atoms with Crippen LogP contribution in [0, 0.1) is 0 Å². The Morgan fingerprint density at radius 3 is 2.58 bits per heavy atom. The van der Waals surface area contributed by atoms with E-state index in [0.717, 1.165) is 0 Å². The summed E-state index contributed by atoms with van der Waals surface area (Å²) in [6.45, 7) is 0. The molecular formula is C9H10O3. The van der Waals surface area contributed by atoms with Gasteiger partial charge in [-0.2, -0.15) is 0 Å². The van der Waals surface area contributed by atoms with E-state index in [0.29, 0.717) is 0 Å². The molecule has 3 nitrogen and oxygen atoms in total. The molecule has 1 aromatic carbocycles. The number of hydrogen-bond donors (Lipinski definition) is 2. The fourth-order valence-electron chi connectivity index (χ4n) is 0.659. The molecule has 12 heavy (non-hydrogen) atoms. The predicted octanol–water partition coefficient (Wildman–Crippen LogP) is 0.675. The van der Waals surface area contributed by atoms with Crippen LogP contribution in [-0.2, 0) is 11.2 Å². The fraction of sp³-hybridized carbons (Fsp3) is 0.222. The van der Waals surface area contributed by atoms with Crippen molar-refractivity contribution in [2.75, 3.05) is 0 Å². The van der Waals surface area contributed by atoms with E-state index in [9.17, 15) is 4.79 Å². The van der Waals surface area contributed by atoms with Crippen molar-refractivity contribution in [2.24, 2.45) is 0 Å². The topological polar surface area (TPSA) is 57.5 Å². The molecule has 0 aromatic heterocycles. The van der Waals surface area contributed by atoms with Crippen LogP contribution in [-0.4, -0.2) is 22.3 Å². The van der Waals surface area contributed by atoms with Crippen LogP contribution in [0.5, 0.6) is 0 Å². The Hall–Kier alpha value is -1.35. The lowest BCUT2D eigenvalue weighted by atomic mass is 10.1. The van der Waals surface area contributed by atoms with Crippen molar-refractivity contribution in [3.63, 3.8) is 0 Å². The molecule has 0 aliphatic rings. The largest absolute Gasteiger partial charge is 0.479 e. The van der Waals surface area contributed by atoms with Crippen LogP contribution < -0.4 is 0 Å². The van der Waals surface area contributed by atoms with E-state index in [-0.39, 0.29) is 5.56 Å². The lowest BCUT2D eigenvalue weighted by molar-refractivity contribution is -0.146. The Kier molecular flexibility index (Phi) is 1.31. The summed E-state index contributed by atoms with van der Waals surface area (Å²) in [4.78, 5) is 10.5. The Morgan fingerprint density at radius 1 is 1.50 bits per heavy atom. The van der Waals surface area contributed by atoms with Crippen molar-refractivity contribution in [2.45, 2.75) is 12.5 Å². The van der Waals surface area contributed by atoms with Crippen LogP contribution in [0.1, 0.15) is 12.4 Å². The van der Waals surface area contributed by atoms with Gasteiger partial charge in [0, 0.05) is 6.42 Å². The van der Waals surface area contributed by atoms with E-state index < -0.39 is 48.7 Å². The monoisotopic (exact) mass is 171 g/mol. The van der Waals surface area contributed by atoms with Gasteiger partial charge in [-0.15, -0.1) is 0 Å². The smallest absolute Gasteiger partial charge is 0.332 e. The Bertz CT molecular complexity index is 445. The molecule has 2 N–H and O–H groups in total. The van der Waals surface area contributed by atoms with Gasteiger partial charge in [0.1, 0.15) is 0 Å². The van der Waals surface area contributed by atoms with Gasteiger partial charge in [0.05, 0.1) is 6.85 Å². The first-order chi connectivity index (χ1) is 7.77. The van der Waals surface area contributed by atoms with Crippen molar-refractivity contribution >= 4 is 5.97 Å². The summed E-state index contributed by atoms with van der Waals surface area (Å²) in [6, 6.07) is -2.61. The first kappa shape index (κ1) is 4.05. The van der Waals surface area contributed by atoms with Gasteiger partial charge in [-0.1, -0.05) is 30.2 Å². The normalized spacial score (nSPS) is 18.2. The fourth-order valence-corrected chi connectivity index (χ4v) is 0.659. The zero-order chi connectivity index (χ0) is 13.3. The minimum atomic E-state index is -1.79. The lowest BCUT2D eigenvalue weighted by Gasteiger charge is -2.03. The maximum absolute atomic E-state index is 10.5. The number of benzene rings is 1. The molecule has 0 aliphatic heterocycles. The highest BCUT2D eigenvalue weighted by molar-refractivity contribution is 5.72. The highest BCUT2D eigenvalue weighted by Gasteiger charge is 2.12. The second-order valence-electron chi connectivity index (χ2n) is 2.16. The summed E-state index contributed by atoms with van der Waals surface area (Å²) in [5, 5.41) is 17.7. The number of aliphatic hydroxyl groups is 1. The van der Waals surface area contributed by atoms with Gasteiger partial charge in [-0.3, -0.25) is 0 Å². The van der Waals surface area contributed by atoms with Gasteiger partial charge in [-0.25, -0.2) is 4.79 Å². The second-order valence-corrected chi connectivity index (χ2v) is 2.16. The van der Waals surface area contributed by atoms with E-state index in [1.54, 1.807) is 0 Å². The first-order valence-corrected chi connectivity index (χ1v) is 3.24. The summed E-state index contributed by atoms with van der Waals surface area (Å²) in [7, 11) is 0. The summed E-state index contributed by atoms with van der Waals surface area (Å²) < 4.78 is 37.0. The van der Waals surface area contributed by atoms with Gasteiger partial charge >= 0.3 is 5.97 Å². The first-order valence-electron chi connectivity index (χ1n) is 5.74. The highest BCUT2D eigenvalue weighted by Crippen LogP contribution is 2.02. The van der Waals surface area contributed by atoms with Gasteiger partial charge in [0.25, 0.3) is 0 Å². The van der Waals surface area contributed by atoms with Gasteiger partial charge in [0.2, 0.25) is 0 Å². The Balaban J connectivity index is 3.30. The van der Waals surface area contributed by atoms with E-state index in [2.05, 4.69) is 0 Å². The molecule has 0 aliphatic carbocycles. The summed E-state index contributed by atoms with van der Waals surface area (Å²) in [5.41, 5.74) is -0.203. The van der Waals surface area contributed by atoms with E-state index in [4.69, 9.17) is 17.1 Å². The van der Waals surface area contributed by atoms with Crippen molar-refractivity contribution in [3.05, 3.63) is 35.8 Å². The zero-order valence-electron chi connectivity index (χ0n) is 11.1. The molecule has 64 valence electrons. The summed E-state index contributed by atoms with van der Waals surface area (Å²) >= 11 is 0. The third-order valence-corrected chi connectivity index (χ3v) is 1.23. The molecule has 0 saturated heterocycles. The average Bonchev–Trinajstić information content (AvgIpc) is 2.29. The predicted molar refractivity (Wildman–Crippen MR) is 43.8 cm³/mol. The number of carboxylic acids is 1. The number of carboxylic acid groups (broad SMARTS) is 1. The number of rotatable bonds is 3. The molecule has 0 fully saturated rings. The average molecular weight is 171 g/mol. The van der Waals surface area contributed by atoms with Crippen LogP contribution in [0.25, 0.3) is 0 Å². The van der Waals surface area contributed by atoms with Crippen LogP contribution in [0.15, 0.2) is 30.2 Å². The minimum absolute atomic E-state index is 0.203. The Labute approximate surface area is 77.3 Å². The van der Waals surface area contributed by atoms with Crippen LogP contribution in [0.4, 0.5) is 0 Å². The third-order valence-electron chi connectivity index (χ3n) is 1.23. The SMILES string of the molecule is [2H]c1c([2H])c([2H])c(C[C@H](O)C(=O)O)c([2H])c1[2H]. The molecule has 0 bridgehead atoms. The van der Waals surface area contributed by atoms with Crippen LogP contribution >= 0.6 is 0 Å². The quantitative estimate of drug-likeness (QED) is 0.703. The van der Waals surface area contributed by atoms with E-state index >= 15 is 0 Å². The molecule has 3 heteroatoms. The number of hydrogen-bond acceptors (Lipinski definition) is 2. The number of aliphatic carboxylic acids is 1. The number of aliphatic hydroxyl groups excluding tert-OH is 1. The molecule has 1 atom stereocenters. The number of carbonyl (C=O) groups is 1. The van der Waals surface area contributed by atoms with Gasteiger partial charge in [0.15, 0.2) is 6.10 Å².